The molecule has 4 atom stereocenters. The Kier molecular flexibility index (Phi) is 13.1. The molecule has 15 nitrogen and oxygen atoms in total. The molecule has 5 heterocycles. The zero-order valence-electron chi connectivity index (χ0n) is 37.0. The van der Waals surface area contributed by atoms with Gasteiger partial charge < -0.3 is 25.4 Å². The number of aryl methyl sites for hydroxylation is 1. The summed E-state index contributed by atoms with van der Waals surface area (Å²) in [6.45, 7) is 5.28. The fraction of sp³-hybridized carbons (Fsp3) is 0.420. The molecule has 0 aliphatic carbocycles. The lowest BCUT2D eigenvalue weighted by Crippen LogP contribution is -2.54. The van der Waals surface area contributed by atoms with Crippen molar-refractivity contribution in [1.82, 2.24) is 19.4 Å². The van der Waals surface area contributed by atoms with E-state index in [1.54, 1.807) is 34.6 Å². The number of benzene rings is 4. The SMILES string of the molecule is Cc1ccc(S(=O)(=O)N2CC[C@@H]3[C@H](CO)Nc4ccc(-c5cccc(NC(=O)CCCN6CCC(CCCOc7cccc8c7C(=O)N(C7CCC(=O)NC7=O)C8=O)CC6)c5)cc4[C@@H]32)cc1. The number of rotatable bonds is 15. The van der Waals surface area contributed by atoms with Gasteiger partial charge in [0.2, 0.25) is 27.7 Å². The monoisotopic (exact) mass is 916 g/mol. The van der Waals surface area contributed by atoms with Gasteiger partial charge in [-0.05, 0) is 143 Å². The number of ether oxygens (including phenoxy) is 1. The van der Waals surface area contributed by atoms with E-state index in [0.29, 0.717) is 43.3 Å². The molecule has 3 fully saturated rings. The highest BCUT2D eigenvalue weighted by Gasteiger charge is 2.49. The highest BCUT2D eigenvalue weighted by atomic mass is 32.2. The van der Waals surface area contributed by atoms with E-state index in [4.69, 9.17) is 4.74 Å². The maximum absolute atomic E-state index is 14.0. The number of sulfonamides is 1. The van der Waals surface area contributed by atoms with Crippen molar-refractivity contribution in [3.05, 3.63) is 107 Å². The van der Waals surface area contributed by atoms with Gasteiger partial charge in [0.05, 0.1) is 41.3 Å². The van der Waals surface area contributed by atoms with Gasteiger partial charge in [-0.1, -0.05) is 42.0 Å². The Hall–Kier alpha value is -5.94. The minimum absolute atomic E-state index is 0.0586. The first kappa shape index (κ1) is 45.2. The quantitative estimate of drug-likeness (QED) is 0.0821. The first-order valence-electron chi connectivity index (χ1n) is 23.1. The summed E-state index contributed by atoms with van der Waals surface area (Å²) in [5.74, 6) is -1.51. The van der Waals surface area contributed by atoms with E-state index in [-0.39, 0.29) is 53.3 Å². The van der Waals surface area contributed by atoms with E-state index in [9.17, 15) is 37.5 Å². The minimum atomic E-state index is -3.80. The lowest BCUT2D eigenvalue weighted by molar-refractivity contribution is -0.136. The number of aliphatic hydroxyl groups is 1. The van der Waals surface area contributed by atoms with Gasteiger partial charge in [-0.2, -0.15) is 4.31 Å². The predicted octanol–water partition coefficient (Wildman–Crippen LogP) is 5.89. The first-order chi connectivity index (χ1) is 31.9. The van der Waals surface area contributed by atoms with Crippen LogP contribution >= 0.6 is 0 Å². The molecule has 9 rings (SSSR count). The molecule has 5 aliphatic rings. The molecule has 0 radical (unpaired) electrons. The van der Waals surface area contributed by atoms with Gasteiger partial charge in [0.1, 0.15) is 11.8 Å². The fourth-order valence-electron chi connectivity index (χ4n) is 10.4. The summed E-state index contributed by atoms with van der Waals surface area (Å²) in [6.07, 6.45) is 5.71. The van der Waals surface area contributed by atoms with Crippen molar-refractivity contribution in [3.8, 4) is 16.9 Å². The minimum Gasteiger partial charge on any atom is -0.493 e. The molecule has 3 saturated heterocycles. The number of hydrogen-bond acceptors (Lipinski definition) is 11. The summed E-state index contributed by atoms with van der Waals surface area (Å²) < 4.78 is 35.7. The number of carbonyl (C=O) groups is 5. The van der Waals surface area contributed by atoms with Crippen LogP contribution in [0, 0.1) is 18.8 Å². The normalized spacial score (nSPS) is 22.4. The molecule has 4 aromatic rings. The molecule has 5 amide bonds. The summed E-state index contributed by atoms with van der Waals surface area (Å²) >= 11 is 0. The summed E-state index contributed by atoms with van der Waals surface area (Å²) in [5.41, 5.74) is 5.50. The molecule has 0 spiro atoms. The van der Waals surface area contributed by atoms with Crippen molar-refractivity contribution in [3.63, 3.8) is 0 Å². The number of imide groups is 2. The number of likely N-dealkylation sites (tertiary alicyclic amines) is 1. The topological polar surface area (TPSA) is 195 Å². The second kappa shape index (κ2) is 19.1. The van der Waals surface area contributed by atoms with Gasteiger partial charge in [-0.25, -0.2) is 8.42 Å². The number of fused-ring (bicyclic) bond motifs is 4. The number of nitrogens with zero attached hydrogens (tertiary/aromatic N) is 3. The molecule has 16 heteroatoms. The predicted molar refractivity (Wildman–Crippen MR) is 247 cm³/mol. The van der Waals surface area contributed by atoms with E-state index >= 15 is 0 Å². The van der Waals surface area contributed by atoms with Gasteiger partial charge in [-0.3, -0.25) is 34.2 Å². The molecule has 4 aromatic carbocycles. The zero-order chi connectivity index (χ0) is 46.1. The van der Waals surface area contributed by atoms with Crippen LogP contribution in [0.5, 0.6) is 5.75 Å². The molecule has 0 bridgehead atoms. The van der Waals surface area contributed by atoms with Crippen LogP contribution in [-0.4, -0.2) is 109 Å². The third-order valence-corrected chi connectivity index (χ3v) is 15.9. The summed E-state index contributed by atoms with van der Waals surface area (Å²) in [5, 5.41) is 19.1. The average molecular weight is 917 g/mol. The molecule has 4 N–H and O–H groups in total. The van der Waals surface area contributed by atoms with E-state index in [1.165, 1.54) is 0 Å². The van der Waals surface area contributed by atoms with Crippen molar-refractivity contribution < 1.29 is 42.2 Å². The van der Waals surface area contributed by atoms with Crippen molar-refractivity contribution in [1.29, 1.82) is 0 Å². The summed E-state index contributed by atoms with van der Waals surface area (Å²) in [6, 6.07) is 23.8. The Labute approximate surface area is 384 Å². The van der Waals surface area contributed by atoms with Crippen LogP contribution in [-0.2, 0) is 24.4 Å². The first-order valence-corrected chi connectivity index (χ1v) is 24.5. The Bertz CT molecular complexity index is 2650. The van der Waals surface area contributed by atoms with Gasteiger partial charge in [0, 0.05) is 36.7 Å². The summed E-state index contributed by atoms with van der Waals surface area (Å²) in [7, 11) is -3.80. The highest BCUT2D eigenvalue weighted by Crippen LogP contribution is 2.49. The lowest BCUT2D eigenvalue weighted by atomic mass is 9.82. The third kappa shape index (κ3) is 9.11. The van der Waals surface area contributed by atoms with E-state index in [0.717, 1.165) is 84.6 Å². The average Bonchev–Trinajstić information content (AvgIpc) is 3.88. The molecule has 5 aliphatic heterocycles. The summed E-state index contributed by atoms with van der Waals surface area (Å²) in [4.78, 5) is 67.4. The van der Waals surface area contributed by atoms with Gasteiger partial charge in [0.15, 0.2) is 0 Å². The van der Waals surface area contributed by atoms with E-state index in [2.05, 4.69) is 20.9 Å². The van der Waals surface area contributed by atoms with Crippen LogP contribution in [0.1, 0.15) is 95.7 Å². The van der Waals surface area contributed by atoms with Gasteiger partial charge in [-0.15, -0.1) is 0 Å². The van der Waals surface area contributed by atoms with Gasteiger partial charge in [0.25, 0.3) is 11.8 Å². The number of carbonyl (C=O) groups excluding carboxylic acids is 5. The molecule has 1 unspecified atom stereocenters. The molecule has 66 heavy (non-hydrogen) atoms. The molecular weight excluding hydrogens is 861 g/mol. The highest BCUT2D eigenvalue weighted by molar-refractivity contribution is 7.89. The smallest absolute Gasteiger partial charge is 0.266 e. The van der Waals surface area contributed by atoms with Crippen LogP contribution < -0.4 is 20.7 Å². The van der Waals surface area contributed by atoms with Crippen LogP contribution in [0.2, 0.25) is 0 Å². The van der Waals surface area contributed by atoms with Crippen LogP contribution in [0.3, 0.4) is 0 Å². The lowest BCUT2D eigenvalue weighted by Gasteiger charge is -2.39. The molecule has 0 saturated carbocycles. The Balaban J connectivity index is 0.731. The van der Waals surface area contributed by atoms with E-state index < -0.39 is 45.7 Å². The Morgan fingerprint density at radius 2 is 1.64 bits per heavy atom. The fourth-order valence-corrected chi connectivity index (χ4v) is 12.1. The number of hydrogen-bond donors (Lipinski definition) is 4. The molecule has 0 aromatic heterocycles. The standard InChI is InChI=1S/C50H56N6O9S/c1-31-12-15-36(16-13-31)66(63,64)55-26-22-37-41(30-57)52-40-17-14-34(29-39(40)47(37)55)33-7-2-8-35(28-33)51-44(58)11-4-23-54-24-20-32(21-25-54)6-5-27-65-43-10-3-9-38-46(43)50(62)56(49(38)61)42-18-19-45(59)53-48(42)60/h2-3,7-10,12-17,28-29,32,37,41-42,47,52,57H,4-6,11,18-27,30H2,1H3,(H,51,58)(H,53,59,60)/t37-,41+,42?,47-/m1/s1. The van der Waals surface area contributed by atoms with Gasteiger partial charge >= 0.3 is 0 Å². The Morgan fingerprint density at radius 1 is 0.864 bits per heavy atom. The maximum atomic E-state index is 14.0. The largest absolute Gasteiger partial charge is 0.493 e. The second-order valence-corrected chi connectivity index (χ2v) is 20.1. The Morgan fingerprint density at radius 3 is 2.41 bits per heavy atom. The maximum Gasteiger partial charge on any atom is 0.266 e. The number of aliphatic hydroxyl groups excluding tert-OH is 1. The second-order valence-electron chi connectivity index (χ2n) is 18.2. The van der Waals surface area contributed by atoms with Crippen molar-refractivity contribution in [2.24, 2.45) is 11.8 Å². The van der Waals surface area contributed by atoms with Crippen molar-refractivity contribution in [2.75, 3.05) is 50.0 Å². The van der Waals surface area contributed by atoms with Crippen LogP contribution in [0.25, 0.3) is 11.1 Å². The third-order valence-electron chi connectivity index (χ3n) is 14.0. The number of nitrogens with one attached hydrogen (secondary N) is 3. The van der Waals surface area contributed by atoms with Crippen molar-refractivity contribution in [2.45, 2.75) is 87.7 Å². The molecular formula is C50H56N6O9S. The van der Waals surface area contributed by atoms with Crippen LogP contribution in [0.15, 0.2) is 89.8 Å². The molecule has 346 valence electrons. The van der Waals surface area contributed by atoms with Crippen LogP contribution in [0.4, 0.5) is 11.4 Å². The van der Waals surface area contributed by atoms with Crippen molar-refractivity contribution >= 4 is 50.9 Å². The van der Waals surface area contributed by atoms with E-state index in [1.807, 2.05) is 61.5 Å². The zero-order valence-corrected chi connectivity index (χ0v) is 37.9. The number of amides is 5. The number of anilines is 2. The number of piperidine rings is 2.